The number of ether oxygens (including phenoxy) is 2. The maximum atomic E-state index is 5.71. The summed E-state index contributed by atoms with van der Waals surface area (Å²) in [6, 6.07) is 0. The molecule has 0 amide bonds. The highest BCUT2D eigenvalue weighted by Gasteiger charge is 2.39. The summed E-state index contributed by atoms with van der Waals surface area (Å²) < 4.78 is 11.2. The van der Waals surface area contributed by atoms with E-state index in [0.717, 1.165) is 37.6 Å². The van der Waals surface area contributed by atoms with Crippen LogP contribution in [0.2, 0.25) is 0 Å². The van der Waals surface area contributed by atoms with Crippen LogP contribution in [-0.4, -0.2) is 25.9 Å². The molecule has 1 saturated carbocycles. The van der Waals surface area contributed by atoms with Gasteiger partial charge in [-0.2, -0.15) is 0 Å². The first-order chi connectivity index (χ1) is 6.27. The van der Waals surface area contributed by atoms with Crippen LogP contribution >= 0.6 is 0 Å². The Morgan fingerprint density at radius 1 is 1.23 bits per heavy atom. The molecular weight excluding hydrogens is 164 g/mol. The number of hydrogen-bond acceptors (Lipinski definition) is 2. The Balaban J connectivity index is 1.85. The van der Waals surface area contributed by atoms with Gasteiger partial charge in [0.25, 0.3) is 0 Å². The average Bonchev–Trinajstić information content (AvgIpc) is 2.34. The van der Waals surface area contributed by atoms with E-state index in [4.69, 9.17) is 9.47 Å². The van der Waals surface area contributed by atoms with E-state index >= 15 is 0 Å². The van der Waals surface area contributed by atoms with Gasteiger partial charge in [0.2, 0.25) is 0 Å². The molecule has 0 N–H and O–H groups in total. The third kappa shape index (κ3) is 2.05. The van der Waals surface area contributed by atoms with E-state index in [0.29, 0.717) is 6.10 Å². The van der Waals surface area contributed by atoms with Gasteiger partial charge < -0.3 is 9.47 Å². The van der Waals surface area contributed by atoms with Gasteiger partial charge in [-0.15, -0.1) is 0 Å². The summed E-state index contributed by atoms with van der Waals surface area (Å²) in [5.41, 5.74) is 0. The van der Waals surface area contributed by atoms with Gasteiger partial charge in [0.05, 0.1) is 12.7 Å². The van der Waals surface area contributed by atoms with E-state index in [1.54, 1.807) is 0 Å². The molecule has 1 saturated heterocycles. The van der Waals surface area contributed by atoms with E-state index in [1.165, 1.54) is 12.8 Å². The molecule has 76 valence electrons. The summed E-state index contributed by atoms with van der Waals surface area (Å²) in [5.74, 6) is 2.37. The van der Waals surface area contributed by atoms with Crippen LogP contribution in [0.5, 0.6) is 0 Å². The first-order valence-corrected chi connectivity index (χ1v) is 5.46. The highest BCUT2D eigenvalue weighted by atomic mass is 16.5. The standard InChI is InChI=1S/C11H20O2/c1-8(2)13-7-11-9-3-4-10(11)6-12-5-9/h8-11H,3-7H2,1-2H3. The Morgan fingerprint density at radius 2 is 1.85 bits per heavy atom. The average molecular weight is 184 g/mol. The Morgan fingerprint density at radius 3 is 2.38 bits per heavy atom. The molecule has 2 unspecified atom stereocenters. The van der Waals surface area contributed by atoms with Crippen molar-refractivity contribution in [2.24, 2.45) is 17.8 Å². The van der Waals surface area contributed by atoms with Crippen molar-refractivity contribution in [2.45, 2.75) is 32.8 Å². The van der Waals surface area contributed by atoms with Crippen molar-refractivity contribution in [3.8, 4) is 0 Å². The maximum absolute atomic E-state index is 5.71. The molecule has 0 aromatic carbocycles. The van der Waals surface area contributed by atoms with Crippen molar-refractivity contribution < 1.29 is 9.47 Å². The third-order valence-corrected chi connectivity index (χ3v) is 3.41. The fourth-order valence-electron chi connectivity index (χ4n) is 2.60. The van der Waals surface area contributed by atoms with Crippen LogP contribution in [0, 0.1) is 17.8 Å². The minimum absolute atomic E-state index is 0.377. The summed E-state index contributed by atoms with van der Waals surface area (Å²) >= 11 is 0. The molecule has 1 aliphatic heterocycles. The van der Waals surface area contributed by atoms with E-state index in [1.807, 2.05) is 0 Å². The molecule has 13 heavy (non-hydrogen) atoms. The van der Waals surface area contributed by atoms with E-state index in [-0.39, 0.29) is 0 Å². The largest absolute Gasteiger partial charge is 0.381 e. The second-order valence-electron chi connectivity index (χ2n) is 4.68. The highest BCUT2D eigenvalue weighted by Crippen LogP contribution is 2.41. The van der Waals surface area contributed by atoms with Gasteiger partial charge in [0, 0.05) is 13.2 Å². The van der Waals surface area contributed by atoms with Crippen molar-refractivity contribution in [2.75, 3.05) is 19.8 Å². The zero-order valence-electron chi connectivity index (χ0n) is 8.66. The summed E-state index contributed by atoms with van der Waals surface area (Å²) in [5, 5.41) is 0. The molecule has 2 fully saturated rings. The quantitative estimate of drug-likeness (QED) is 0.668. The lowest BCUT2D eigenvalue weighted by Gasteiger charge is -2.30. The molecule has 2 bridgehead atoms. The van der Waals surface area contributed by atoms with Gasteiger partial charge in [-0.1, -0.05) is 0 Å². The minimum atomic E-state index is 0.377. The van der Waals surface area contributed by atoms with Crippen molar-refractivity contribution >= 4 is 0 Å². The van der Waals surface area contributed by atoms with E-state index in [2.05, 4.69) is 13.8 Å². The van der Waals surface area contributed by atoms with Crippen molar-refractivity contribution in [3.05, 3.63) is 0 Å². The second kappa shape index (κ2) is 3.97. The summed E-state index contributed by atoms with van der Waals surface area (Å²) in [6.07, 6.45) is 3.09. The molecule has 2 nitrogen and oxygen atoms in total. The Bertz CT molecular complexity index is 151. The first kappa shape index (κ1) is 9.47. The molecule has 0 aromatic heterocycles. The van der Waals surface area contributed by atoms with Crippen LogP contribution in [0.4, 0.5) is 0 Å². The lowest BCUT2D eigenvalue weighted by atomic mass is 9.89. The highest BCUT2D eigenvalue weighted by molar-refractivity contribution is 4.87. The molecule has 2 rings (SSSR count). The van der Waals surface area contributed by atoms with Crippen LogP contribution in [0.25, 0.3) is 0 Å². The Labute approximate surface area is 80.6 Å². The smallest absolute Gasteiger partial charge is 0.0519 e. The number of fused-ring (bicyclic) bond motifs is 2. The predicted octanol–water partition coefficient (Wildman–Crippen LogP) is 2.08. The van der Waals surface area contributed by atoms with Crippen LogP contribution < -0.4 is 0 Å². The van der Waals surface area contributed by atoms with Crippen molar-refractivity contribution in [1.29, 1.82) is 0 Å². The van der Waals surface area contributed by atoms with Crippen LogP contribution in [0.3, 0.4) is 0 Å². The summed E-state index contributed by atoms with van der Waals surface area (Å²) in [7, 11) is 0. The van der Waals surface area contributed by atoms with Gasteiger partial charge >= 0.3 is 0 Å². The van der Waals surface area contributed by atoms with Gasteiger partial charge in [0.15, 0.2) is 0 Å². The molecule has 2 heteroatoms. The van der Waals surface area contributed by atoms with Gasteiger partial charge in [0.1, 0.15) is 0 Å². The molecular formula is C11H20O2. The molecule has 0 radical (unpaired) electrons. The maximum Gasteiger partial charge on any atom is 0.0519 e. The molecule has 1 heterocycles. The summed E-state index contributed by atoms with van der Waals surface area (Å²) in [6.45, 7) is 7.13. The number of hydrogen-bond donors (Lipinski definition) is 0. The second-order valence-corrected chi connectivity index (χ2v) is 4.68. The van der Waals surface area contributed by atoms with E-state index in [9.17, 15) is 0 Å². The van der Waals surface area contributed by atoms with Gasteiger partial charge in [-0.3, -0.25) is 0 Å². The third-order valence-electron chi connectivity index (χ3n) is 3.41. The SMILES string of the molecule is CC(C)OCC1C2CCC1COC2. The van der Waals surface area contributed by atoms with Crippen molar-refractivity contribution in [3.63, 3.8) is 0 Å². The Kier molecular flexibility index (Phi) is 2.89. The van der Waals surface area contributed by atoms with Gasteiger partial charge in [-0.05, 0) is 44.4 Å². The predicted molar refractivity (Wildman–Crippen MR) is 51.6 cm³/mol. The fourth-order valence-corrected chi connectivity index (χ4v) is 2.60. The molecule has 2 atom stereocenters. The number of rotatable bonds is 3. The van der Waals surface area contributed by atoms with Crippen molar-refractivity contribution in [1.82, 2.24) is 0 Å². The summed E-state index contributed by atoms with van der Waals surface area (Å²) in [4.78, 5) is 0. The molecule has 2 aliphatic rings. The molecule has 1 aliphatic carbocycles. The molecule has 0 aromatic rings. The lowest BCUT2D eigenvalue weighted by molar-refractivity contribution is -0.0425. The topological polar surface area (TPSA) is 18.5 Å². The Hall–Kier alpha value is -0.0800. The molecule has 0 spiro atoms. The van der Waals surface area contributed by atoms with Gasteiger partial charge in [-0.25, -0.2) is 0 Å². The van der Waals surface area contributed by atoms with Crippen LogP contribution in [0.1, 0.15) is 26.7 Å². The van der Waals surface area contributed by atoms with E-state index < -0.39 is 0 Å². The minimum Gasteiger partial charge on any atom is -0.381 e. The van der Waals surface area contributed by atoms with Crippen LogP contribution in [0.15, 0.2) is 0 Å². The normalized spacial score (nSPS) is 38.5. The zero-order chi connectivity index (χ0) is 9.26. The first-order valence-electron chi connectivity index (χ1n) is 5.46. The van der Waals surface area contributed by atoms with Crippen LogP contribution in [-0.2, 0) is 9.47 Å². The lowest BCUT2D eigenvalue weighted by Crippen LogP contribution is -2.32. The fraction of sp³-hybridized carbons (Fsp3) is 1.00. The monoisotopic (exact) mass is 184 g/mol. The zero-order valence-corrected chi connectivity index (χ0v) is 8.66.